The summed E-state index contributed by atoms with van der Waals surface area (Å²) in [5.74, 6) is 1.10. The number of benzene rings is 1. The third-order valence-electron chi connectivity index (χ3n) is 6.32. The van der Waals surface area contributed by atoms with E-state index < -0.39 is 23.4 Å². The molecule has 7 nitrogen and oxygen atoms in total. The van der Waals surface area contributed by atoms with Crippen molar-refractivity contribution in [3.63, 3.8) is 0 Å². The van der Waals surface area contributed by atoms with E-state index in [9.17, 15) is 22.2 Å². The van der Waals surface area contributed by atoms with Gasteiger partial charge in [0.1, 0.15) is 0 Å². The molecule has 0 spiro atoms. The number of alkyl halides is 3. The molecule has 1 fully saturated rings. The van der Waals surface area contributed by atoms with Gasteiger partial charge in [-0.2, -0.15) is 13.2 Å². The molecule has 3 aromatic rings. The van der Waals surface area contributed by atoms with Gasteiger partial charge in [0.25, 0.3) is 5.91 Å². The van der Waals surface area contributed by atoms with Crippen LogP contribution in [0.25, 0.3) is 22.5 Å². The zero-order valence-corrected chi connectivity index (χ0v) is 20.5. The summed E-state index contributed by atoms with van der Waals surface area (Å²) in [7, 11) is -0.914. The molecule has 1 aliphatic carbocycles. The molecular weight excluding hydrogens is 491 g/mol. The van der Waals surface area contributed by atoms with Crippen molar-refractivity contribution in [2.75, 3.05) is 23.4 Å². The molecule has 3 heterocycles. The SMILES string of the molecule is Cc1cc(-c2cnc3c(NCCC(F)(F)F)nc(C4=CCS(=O)CC4)cn23)ccc1C(=O)NC1CC1. The van der Waals surface area contributed by atoms with Gasteiger partial charge < -0.3 is 10.6 Å². The standard InChI is InChI=1S/C25H26F3N5O2S/c1-15-12-17(2-5-19(15)24(34)31-18-3-4-18)21-13-30-23-22(29-9-8-25(26,27)28)32-20(14-33(21)23)16-6-10-36(35)11-7-16/h2,5-6,12-14,18H,3-4,7-11H2,1H3,(H,29,32)(H,31,34). The average molecular weight is 518 g/mol. The van der Waals surface area contributed by atoms with E-state index in [1.807, 2.05) is 35.7 Å². The van der Waals surface area contributed by atoms with E-state index in [2.05, 4.69) is 20.6 Å². The molecule has 1 amide bonds. The Hall–Kier alpha value is -3.21. The van der Waals surface area contributed by atoms with Crippen LogP contribution in [0.1, 0.15) is 47.3 Å². The number of nitrogens with one attached hydrogen (secondary N) is 2. The fourth-order valence-corrected chi connectivity index (χ4v) is 5.20. The number of halogens is 3. The fourth-order valence-electron chi connectivity index (χ4n) is 4.20. The molecule has 0 bridgehead atoms. The summed E-state index contributed by atoms with van der Waals surface area (Å²) in [5.41, 5.74) is 4.88. The molecule has 11 heteroatoms. The number of aryl methyl sites for hydroxylation is 1. The van der Waals surface area contributed by atoms with Crippen LogP contribution in [-0.2, 0) is 10.8 Å². The molecule has 1 unspecified atom stereocenters. The third kappa shape index (κ3) is 5.45. The number of carbonyl (C=O) groups is 1. The van der Waals surface area contributed by atoms with Crippen LogP contribution < -0.4 is 10.6 Å². The first-order valence-corrected chi connectivity index (χ1v) is 13.3. The van der Waals surface area contributed by atoms with Crippen LogP contribution in [0, 0.1) is 6.92 Å². The highest BCUT2D eigenvalue weighted by atomic mass is 32.2. The number of imidazole rings is 1. The number of amides is 1. The average Bonchev–Trinajstić information content (AvgIpc) is 3.53. The minimum absolute atomic E-state index is 0.0936. The lowest BCUT2D eigenvalue weighted by molar-refractivity contribution is -0.131. The minimum atomic E-state index is -4.29. The van der Waals surface area contributed by atoms with Crippen LogP contribution in [-0.4, -0.2) is 54.8 Å². The van der Waals surface area contributed by atoms with Crippen LogP contribution >= 0.6 is 0 Å². The molecule has 2 N–H and O–H groups in total. The fraction of sp³-hybridized carbons (Fsp3) is 0.400. The number of aromatic nitrogens is 3. The second-order valence-electron chi connectivity index (χ2n) is 9.17. The molecule has 2 aliphatic rings. The van der Waals surface area contributed by atoms with Crippen molar-refractivity contribution in [1.29, 1.82) is 0 Å². The number of fused-ring (bicyclic) bond motifs is 1. The summed E-state index contributed by atoms with van der Waals surface area (Å²) in [6.07, 6.45) is 2.64. The van der Waals surface area contributed by atoms with E-state index in [1.54, 1.807) is 12.3 Å². The lowest BCUT2D eigenvalue weighted by atomic mass is 10.0. The molecule has 36 heavy (non-hydrogen) atoms. The highest BCUT2D eigenvalue weighted by Gasteiger charge is 2.27. The van der Waals surface area contributed by atoms with E-state index in [4.69, 9.17) is 0 Å². The second kappa shape index (κ2) is 9.68. The normalized spacial score (nSPS) is 18.2. The van der Waals surface area contributed by atoms with Gasteiger partial charge in [-0.05, 0) is 49.5 Å². The molecule has 0 radical (unpaired) electrons. The Bertz CT molecular complexity index is 1380. The van der Waals surface area contributed by atoms with Gasteiger partial charge in [-0.25, -0.2) is 9.97 Å². The largest absolute Gasteiger partial charge is 0.390 e. The Labute approximate surface area is 208 Å². The zero-order chi connectivity index (χ0) is 25.4. The maximum absolute atomic E-state index is 12.8. The van der Waals surface area contributed by atoms with Crippen LogP contribution in [0.5, 0.6) is 0 Å². The molecule has 0 saturated heterocycles. The molecule has 2 aromatic heterocycles. The maximum Gasteiger partial charge on any atom is 0.390 e. The second-order valence-corrected chi connectivity index (χ2v) is 10.8. The van der Waals surface area contributed by atoms with E-state index >= 15 is 0 Å². The van der Waals surface area contributed by atoms with Crippen molar-refractivity contribution < 1.29 is 22.2 Å². The first-order valence-electron chi connectivity index (χ1n) is 11.8. The Kier molecular flexibility index (Phi) is 6.59. The zero-order valence-electron chi connectivity index (χ0n) is 19.7. The number of hydrogen-bond donors (Lipinski definition) is 2. The highest BCUT2D eigenvalue weighted by molar-refractivity contribution is 7.85. The Morgan fingerprint density at radius 1 is 1.28 bits per heavy atom. The monoisotopic (exact) mass is 517 g/mol. The Morgan fingerprint density at radius 3 is 2.75 bits per heavy atom. The van der Waals surface area contributed by atoms with Gasteiger partial charge >= 0.3 is 6.18 Å². The first-order chi connectivity index (χ1) is 17.2. The van der Waals surface area contributed by atoms with Crippen LogP contribution in [0.4, 0.5) is 19.0 Å². The summed E-state index contributed by atoms with van der Waals surface area (Å²) >= 11 is 0. The smallest absolute Gasteiger partial charge is 0.367 e. The van der Waals surface area contributed by atoms with E-state index in [1.165, 1.54) is 0 Å². The summed E-state index contributed by atoms with van der Waals surface area (Å²) in [6.45, 7) is 1.55. The first kappa shape index (κ1) is 24.5. The summed E-state index contributed by atoms with van der Waals surface area (Å²) in [6, 6.07) is 5.80. The van der Waals surface area contributed by atoms with Crippen molar-refractivity contribution in [2.24, 2.45) is 0 Å². The summed E-state index contributed by atoms with van der Waals surface area (Å²) in [4.78, 5) is 21.6. The van der Waals surface area contributed by atoms with Gasteiger partial charge in [0.05, 0.1) is 24.0 Å². The predicted octanol–water partition coefficient (Wildman–Crippen LogP) is 4.50. The van der Waals surface area contributed by atoms with Crippen molar-refractivity contribution >= 4 is 33.7 Å². The minimum Gasteiger partial charge on any atom is -0.367 e. The van der Waals surface area contributed by atoms with Crippen LogP contribution in [0.2, 0.25) is 0 Å². The van der Waals surface area contributed by atoms with Gasteiger partial charge in [0, 0.05) is 52.2 Å². The van der Waals surface area contributed by atoms with Crippen molar-refractivity contribution in [3.05, 3.63) is 53.5 Å². The van der Waals surface area contributed by atoms with E-state index in [0.29, 0.717) is 34.8 Å². The van der Waals surface area contributed by atoms with Crippen LogP contribution in [0.3, 0.4) is 0 Å². The third-order valence-corrected chi connectivity index (χ3v) is 7.51. The summed E-state index contributed by atoms with van der Waals surface area (Å²) < 4.78 is 51.9. The van der Waals surface area contributed by atoms with Crippen molar-refractivity contribution in [3.8, 4) is 11.3 Å². The van der Waals surface area contributed by atoms with E-state index in [-0.39, 0.29) is 24.3 Å². The lowest BCUT2D eigenvalue weighted by Gasteiger charge is -2.16. The molecule has 1 aliphatic heterocycles. The number of nitrogens with zero attached hydrogens (tertiary/aromatic N) is 3. The van der Waals surface area contributed by atoms with Gasteiger partial charge in [-0.1, -0.05) is 12.1 Å². The van der Waals surface area contributed by atoms with Crippen molar-refractivity contribution in [1.82, 2.24) is 19.7 Å². The number of anilines is 1. The van der Waals surface area contributed by atoms with Gasteiger partial charge in [-0.3, -0.25) is 13.4 Å². The molecule has 190 valence electrons. The van der Waals surface area contributed by atoms with E-state index in [0.717, 1.165) is 35.2 Å². The number of allylic oxidation sites excluding steroid dienone is 1. The molecule has 5 rings (SSSR count). The quantitative estimate of drug-likeness (QED) is 0.482. The summed E-state index contributed by atoms with van der Waals surface area (Å²) in [5, 5.41) is 5.80. The molecular formula is C25H26F3N5O2S. The Balaban J connectivity index is 1.52. The molecule has 1 atom stereocenters. The molecule has 1 aromatic carbocycles. The number of rotatable bonds is 7. The lowest BCUT2D eigenvalue weighted by Crippen LogP contribution is -2.26. The Morgan fingerprint density at radius 2 is 2.08 bits per heavy atom. The van der Waals surface area contributed by atoms with Gasteiger partial charge in [-0.15, -0.1) is 0 Å². The number of hydrogen-bond acceptors (Lipinski definition) is 5. The topological polar surface area (TPSA) is 88.4 Å². The number of carbonyl (C=O) groups excluding carboxylic acids is 1. The molecule has 1 saturated carbocycles. The highest BCUT2D eigenvalue weighted by Crippen LogP contribution is 2.30. The maximum atomic E-state index is 12.8. The van der Waals surface area contributed by atoms with Crippen molar-refractivity contribution in [2.45, 2.75) is 44.8 Å². The van der Waals surface area contributed by atoms with Gasteiger partial charge in [0.2, 0.25) is 0 Å². The predicted molar refractivity (Wildman–Crippen MR) is 133 cm³/mol. The van der Waals surface area contributed by atoms with Crippen LogP contribution in [0.15, 0.2) is 36.7 Å². The van der Waals surface area contributed by atoms with Gasteiger partial charge in [0.15, 0.2) is 11.5 Å².